The highest BCUT2D eigenvalue weighted by molar-refractivity contribution is 6.28. The minimum Gasteiger partial charge on any atom is -0.463 e. The predicted octanol–water partition coefficient (Wildman–Crippen LogP) is 3.13. The fraction of sp³-hybridized carbons (Fsp3) is 0.750. The quantitative estimate of drug-likeness (QED) is 0.728. The zero-order chi connectivity index (χ0) is 13.4. The molecule has 18 heavy (non-hydrogen) atoms. The number of hydrogen-bond donors (Lipinski definition) is 0. The van der Waals surface area contributed by atoms with Gasteiger partial charge in [-0.25, -0.2) is 0 Å². The number of ether oxygens (including phenoxy) is 2. The van der Waals surface area contributed by atoms with Crippen LogP contribution in [0.4, 0.5) is 0 Å². The molecule has 1 aromatic heterocycles. The summed E-state index contributed by atoms with van der Waals surface area (Å²) in [5, 5.41) is 0.0919. The van der Waals surface area contributed by atoms with Gasteiger partial charge in [-0.2, -0.15) is 9.97 Å². The Morgan fingerprint density at radius 3 is 2.33 bits per heavy atom. The number of hydrogen-bond acceptors (Lipinski definition) is 5. The fourth-order valence-corrected chi connectivity index (χ4v) is 1.57. The molecule has 1 aromatic rings. The molecule has 0 spiro atoms. The van der Waals surface area contributed by atoms with Crippen LogP contribution >= 0.6 is 11.6 Å². The third-order valence-electron chi connectivity index (χ3n) is 2.28. The highest BCUT2D eigenvalue weighted by Crippen LogP contribution is 2.14. The molecule has 1 atom stereocenters. The van der Waals surface area contributed by atoms with E-state index in [9.17, 15) is 0 Å². The van der Waals surface area contributed by atoms with Crippen molar-refractivity contribution in [1.82, 2.24) is 15.0 Å². The Hall–Kier alpha value is -1.10. The van der Waals surface area contributed by atoms with Gasteiger partial charge in [-0.05, 0) is 30.4 Å². The van der Waals surface area contributed by atoms with Crippen LogP contribution in [0.3, 0.4) is 0 Å². The Bertz CT molecular complexity index is 363. The molecule has 1 unspecified atom stereocenters. The van der Waals surface area contributed by atoms with Crippen LogP contribution in [-0.2, 0) is 0 Å². The molecule has 1 rings (SSSR count). The molecule has 0 aliphatic rings. The van der Waals surface area contributed by atoms with E-state index >= 15 is 0 Å². The summed E-state index contributed by atoms with van der Waals surface area (Å²) in [6.45, 7) is 7.40. The minimum absolute atomic E-state index is 0.0919. The van der Waals surface area contributed by atoms with Crippen LogP contribution in [-0.4, -0.2) is 28.2 Å². The van der Waals surface area contributed by atoms with E-state index in [1.165, 1.54) is 0 Å². The van der Waals surface area contributed by atoms with Crippen molar-refractivity contribution in [3.63, 3.8) is 0 Å². The molecule has 1 heterocycles. The van der Waals surface area contributed by atoms with Gasteiger partial charge in [-0.1, -0.05) is 27.2 Å². The Kier molecular flexibility index (Phi) is 6.72. The molecule has 0 aliphatic heterocycles. The molecule has 6 heteroatoms. The van der Waals surface area contributed by atoms with Gasteiger partial charge in [0.2, 0.25) is 5.28 Å². The average Bonchev–Trinajstić information content (AvgIpc) is 2.34. The average molecular weight is 274 g/mol. The van der Waals surface area contributed by atoms with Crippen molar-refractivity contribution in [1.29, 1.82) is 0 Å². The molecule has 0 saturated carbocycles. The van der Waals surface area contributed by atoms with Crippen LogP contribution in [0.2, 0.25) is 5.28 Å². The van der Waals surface area contributed by atoms with Crippen LogP contribution in [0, 0.1) is 5.92 Å². The number of rotatable bonds is 8. The summed E-state index contributed by atoms with van der Waals surface area (Å²) in [6, 6.07) is 0.444. The van der Waals surface area contributed by atoms with E-state index < -0.39 is 0 Å². The maximum Gasteiger partial charge on any atom is 0.323 e. The molecule has 0 amide bonds. The third kappa shape index (κ3) is 5.49. The van der Waals surface area contributed by atoms with Crippen LogP contribution in [0.5, 0.6) is 12.0 Å². The Balaban J connectivity index is 2.56. The van der Waals surface area contributed by atoms with Crippen molar-refractivity contribution in [3.8, 4) is 12.0 Å². The molecule has 0 aliphatic carbocycles. The van der Waals surface area contributed by atoms with Crippen LogP contribution < -0.4 is 9.47 Å². The van der Waals surface area contributed by atoms with Crippen molar-refractivity contribution in [2.24, 2.45) is 5.92 Å². The zero-order valence-electron chi connectivity index (χ0n) is 11.1. The maximum atomic E-state index is 5.78. The van der Waals surface area contributed by atoms with Gasteiger partial charge in [0.05, 0.1) is 13.2 Å². The fourth-order valence-electron chi connectivity index (χ4n) is 1.43. The summed E-state index contributed by atoms with van der Waals surface area (Å²) in [4.78, 5) is 11.8. The summed E-state index contributed by atoms with van der Waals surface area (Å²) < 4.78 is 10.8. The first-order chi connectivity index (χ1) is 8.65. The van der Waals surface area contributed by atoms with Gasteiger partial charge in [-0.15, -0.1) is 4.98 Å². The van der Waals surface area contributed by atoms with Crippen LogP contribution in [0.15, 0.2) is 0 Å². The Labute approximate surface area is 113 Å². The van der Waals surface area contributed by atoms with Crippen molar-refractivity contribution >= 4 is 11.6 Å². The topological polar surface area (TPSA) is 57.1 Å². The van der Waals surface area contributed by atoms with E-state index in [0.717, 1.165) is 19.3 Å². The number of nitrogens with zero attached hydrogens (tertiary/aromatic N) is 3. The zero-order valence-corrected chi connectivity index (χ0v) is 11.9. The van der Waals surface area contributed by atoms with E-state index in [2.05, 4.69) is 28.8 Å². The lowest BCUT2D eigenvalue weighted by Gasteiger charge is -2.11. The van der Waals surface area contributed by atoms with Crippen LogP contribution in [0.1, 0.15) is 40.0 Å². The summed E-state index contributed by atoms with van der Waals surface area (Å²) in [5.74, 6) is 0.463. The van der Waals surface area contributed by atoms with E-state index in [1.807, 2.05) is 6.92 Å². The summed E-state index contributed by atoms with van der Waals surface area (Å²) in [7, 11) is 0. The van der Waals surface area contributed by atoms with Crippen molar-refractivity contribution < 1.29 is 9.47 Å². The van der Waals surface area contributed by atoms with Gasteiger partial charge in [-0.3, -0.25) is 0 Å². The van der Waals surface area contributed by atoms with Gasteiger partial charge in [0, 0.05) is 0 Å². The molecule has 0 N–H and O–H groups in total. The SMILES string of the molecule is CCCOc1nc(Cl)nc(OCC(C)CCC)n1. The van der Waals surface area contributed by atoms with Gasteiger partial charge < -0.3 is 9.47 Å². The second-order valence-corrected chi connectivity index (χ2v) is 4.56. The van der Waals surface area contributed by atoms with Gasteiger partial charge in [0.25, 0.3) is 0 Å². The lowest BCUT2D eigenvalue weighted by molar-refractivity contribution is 0.224. The minimum atomic E-state index is 0.0919. The summed E-state index contributed by atoms with van der Waals surface area (Å²) >= 11 is 5.78. The lowest BCUT2D eigenvalue weighted by Crippen LogP contribution is -2.11. The normalized spacial score (nSPS) is 12.2. The summed E-state index contributed by atoms with van der Waals surface area (Å²) in [6.07, 6.45) is 3.12. The highest BCUT2D eigenvalue weighted by Gasteiger charge is 2.09. The lowest BCUT2D eigenvalue weighted by atomic mass is 10.1. The molecule has 102 valence electrons. The molecule has 0 saturated heterocycles. The standard InChI is InChI=1S/C12H20ClN3O2/c1-4-6-9(3)8-18-12-15-10(13)14-11(16-12)17-7-5-2/h9H,4-8H2,1-3H3. The van der Waals surface area contributed by atoms with E-state index in [4.69, 9.17) is 21.1 Å². The first-order valence-corrected chi connectivity index (χ1v) is 6.70. The van der Waals surface area contributed by atoms with Gasteiger partial charge in [0.15, 0.2) is 0 Å². The van der Waals surface area contributed by atoms with E-state index in [1.54, 1.807) is 0 Å². The molecule has 0 aromatic carbocycles. The largest absolute Gasteiger partial charge is 0.463 e. The number of halogens is 1. The van der Waals surface area contributed by atoms with Crippen molar-refractivity contribution in [2.45, 2.75) is 40.0 Å². The summed E-state index contributed by atoms with van der Waals surface area (Å²) in [5.41, 5.74) is 0. The Morgan fingerprint density at radius 1 is 1.06 bits per heavy atom. The monoisotopic (exact) mass is 273 g/mol. The molecular weight excluding hydrogens is 254 g/mol. The smallest absolute Gasteiger partial charge is 0.323 e. The van der Waals surface area contributed by atoms with Crippen molar-refractivity contribution in [3.05, 3.63) is 5.28 Å². The molecule has 0 bridgehead atoms. The first kappa shape index (κ1) is 15.0. The second kappa shape index (κ2) is 8.08. The number of aromatic nitrogens is 3. The van der Waals surface area contributed by atoms with E-state index in [-0.39, 0.29) is 17.3 Å². The van der Waals surface area contributed by atoms with Crippen molar-refractivity contribution in [2.75, 3.05) is 13.2 Å². The van der Waals surface area contributed by atoms with Gasteiger partial charge >= 0.3 is 12.0 Å². The molecule has 0 fully saturated rings. The second-order valence-electron chi connectivity index (χ2n) is 4.22. The molecule has 0 radical (unpaired) electrons. The van der Waals surface area contributed by atoms with E-state index in [0.29, 0.717) is 19.1 Å². The maximum absolute atomic E-state index is 5.78. The predicted molar refractivity (Wildman–Crippen MR) is 70.2 cm³/mol. The Morgan fingerprint density at radius 2 is 1.72 bits per heavy atom. The molecule has 5 nitrogen and oxygen atoms in total. The van der Waals surface area contributed by atoms with Gasteiger partial charge in [0.1, 0.15) is 0 Å². The first-order valence-electron chi connectivity index (χ1n) is 6.32. The third-order valence-corrected chi connectivity index (χ3v) is 2.45. The highest BCUT2D eigenvalue weighted by atomic mass is 35.5. The molecular formula is C12H20ClN3O2. The van der Waals surface area contributed by atoms with Crippen LogP contribution in [0.25, 0.3) is 0 Å².